The molecule has 0 radical (unpaired) electrons. The van der Waals surface area contributed by atoms with E-state index in [4.69, 9.17) is 0 Å². The highest BCUT2D eigenvalue weighted by Crippen LogP contribution is 2.21. The SMILES string of the molecule is CC(=O)Nc1n[nH]c2cc(NC(=O)N[C@@H](C)c3ccccc3)ncc12. The number of carbonyl (C=O) groups excluding carboxylic acids is 2. The third-order valence-electron chi connectivity index (χ3n) is 3.63. The summed E-state index contributed by atoms with van der Waals surface area (Å²) >= 11 is 0. The summed E-state index contributed by atoms with van der Waals surface area (Å²) in [7, 11) is 0. The van der Waals surface area contributed by atoms with Gasteiger partial charge in [0.05, 0.1) is 16.9 Å². The van der Waals surface area contributed by atoms with Gasteiger partial charge < -0.3 is 10.6 Å². The number of benzene rings is 1. The van der Waals surface area contributed by atoms with Crippen LogP contribution >= 0.6 is 0 Å². The number of hydrogen-bond acceptors (Lipinski definition) is 4. The first-order valence-corrected chi connectivity index (χ1v) is 7.77. The Balaban J connectivity index is 1.68. The number of urea groups is 1. The van der Waals surface area contributed by atoms with Crippen molar-refractivity contribution in [1.29, 1.82) is 0 Å². The lowest BCUT2D eigenvalue weighted by atomic mass is 10.1. The Labute approximate surface area is 144 Å². The highest BCUT2D eigenvalue weighted by molar-refractivity contribution is 5.99. The van der Waals surface area contributed by atoms with Crippen molar-refractivity contribution in [3.8, 4) is 0 Å². The fourth-order valence-electron chi connectivity index (χ4n) is 2.42. The number of carbonyl (C=O) groups is 2. The summed E-state index contributed by atoms with van der Waals surface area (Å²) < 4.78 is 0. The van der Waals surface area contributed by atoms with Gasteiger partial charge in [-0.1, -0.05) is 30.3 Å². The minimum Gasteiger partial charge on any atom is -0.331 e. The van der Waals surface area contributed by atoms with Crippen molar-refractivity contribution in [1.82, 2.24) is 20.5 Å². The lowest BCUT2D eigenvalue weighted by Gasteiger charge is -2.14. The van der Waals surface area contributed by atoms with Crippen LogP contribution in [0.25, 0.3) is 10.9 Å². The van der Waals surface area contributed by atoms with Crippen molar-refractivity contribution in [2.75, 3.05) is 10.6 Å². The Morgan fingerprint density at radius 2 is 1.92 bits per heavy atom. The summed E-state index contributed by atoms with van der Waals surface area (Å²) in [4.78, 5) is 27.5. The predicted octanol–water partition coefficient (Wildman–Crippen LogP) is 2.80. The molecule has 8 nitrogen and oxygen atoms in total. The standard InChI is InChI=1S/C17H18N6O2/c1-10(12-6-4-3-5-7-12)19-17(25)21-15-8-14-13(9-18-15)16(23-22-14)20-11(2)24/h3-10H,1-2H3,(H2,18,19,21,25)(H2,20,22,23,24)/t10-/m0/s1. The molecule has 0 aliphatic heterocycles. The fourth-order valence-corrected chi connectivity index (χ4v) is 2.42. The summed E-state index contributed by atoms with van der Waals surface area (Å²) in [6.07, 6.45) is 1.54. The van der Waals surface area contributed by atoms with Crippen LogP contribution in [0, 0.1) is 0 Å². The Kier molecular flexibility index (Phi) is 4.60. The quantitative estimate of drug-likeness (QED) is 0.586. The van der Waals surface area contributed by atoms with Crippen LogP contribution in [0.4, 0.5) is 16.4 Å². The average Bonchev–Trinajstić information content (AvgIpc) is 2.97. The van der Waals surface area contributed by atoms with Gasteiger partial charge in [-0.3, -0.25) is 15.2 Å². The Morgan fingerprint density at radius 3 is 2.64 bits per heavy atom. The maximum Gasteiger partial charge on any atom is 0.320 e. The number of hydrogen-bond donors (Lipinski definition) is 4. The lowest BCUT2D eigenvalue weighted by molar-refractivity contribution is -0.114. The lowest BCUT2D eigenvalue weighted by Crippen LogP contribution is -2.31. The molecule has 4 N–H and O–H groups in total. The van der Waals surface area contributed by atoms with Crippen LogP contribution < -0.4 is 16.0 Å². The van der Waals surface area contributed by atoms with E-state index in [-0.39, 0.29) is 18.0 Å². The van der Waals surface area contributed by atoms with Crippen LogP contribution in [0.5, 0.6) is 0 Å². The molecule has 3 rings (SSSR count). The van der Waals surface area contributed by atoms with Gasteiger partial charge in [0.1, 0.15) is 5.82 Å². The monoisotopic (exact) mass is 338 g/mol. The number of anilines is 2. The molecule has 25 heavy (non-hydrogen) atoms. The zero-order valence-corrected chi connectivity index (χ0v) is 13.8. The molecule has 0 saturated carbocycles. The van der Waals surface area contributed by atoms with Crippen molar-refractivity contribution in [3.05, 3.63) is 48.2 Å². The molecule has 0 fully saturated rings. The minimum absolute atomic E-state index is 0.136. The number of amides is 3. The zero-order valence-electron chi connectivity index (χ0n) is 13.8. The number of rotatable bonds is 4. The molecule has 8 heteroatoms. The summed E-state index contributed by atoms with van der Waals surface area (Å²) in [5.74, 6) is 0.567. The molecule has 0 aliphatic carbocycles. The normalized spacial score (nSPS) is 11.8. The number of nitrogens with zero attached hydrogens (tertiary/aromatic N) is 2. The van der Waals surface area contributed by atoms with Gasteiger partial charge >= 0.3 is 6.03 Å². The first kappa shape index (κ1) is 16.4. The molecule has 0 spiro atoms. The summed E-state index contributed by atoms with van der Waals surface area (Å²) in [6, 6.07) is 10.8. The molecular formula is C17H18N6O2. The molecule has 1 atom stereocenters. The van der Waals surface area contributed by atoms with Crippen LogP contribution in [0.3, 0.4) is 0 Å². The van der Waals surface area contributed by atoms with E-state index in [2.05, 4.69) is 31.1 Å². The summed E-state index contributed by atoms with van der Waals surface area (Å²) in [5.41, 5.74) is 1.67. The van der Waals surface area contributed by atoms with Crippen LogP contribution in [-0.2, 0) is 4.79 Å². The second-order valence-electron chi connectivity index (χ2n) is 5.60. The van der Waals surface area contributed by atoms with Crippen molar-refractivity contribution < 1.29 is 9.59 Å². The molecule has 0 aliphatic rings. The van der Waals surface area contributed by atoms with Gasteiger partial charge in [0.25, 0.3) is 0 Å². The van der Waals surface area contributed by atoms with Crippen molar-refractivity contribution in [2.24, 2.45) is 0 Å². The predicted molar refractivity (Wildman–Crippen MR) is 95.2 cm³/mol. The van der Waals surface area contributed by atoms with E-state index in [0.29, 0.717) is 22.5 Å². The topological polar surface area (TPSA) is 112 Å². The van der Waals surface area contributed by atoms with E-state index in [1.54, 1.807) is 12.3 Å². The Hall–Kier alpha value is -3.42. The molecular weight excluding hydrogens is 320 g/mol. The zero-order chi connectivity index (χ0) is 17.8. The third-order valence-corrected chi connectivity index (χ3v) is 3.63. The highest BCUT2D eigenvalue weighted by atomic mass is 16.2. The highest BCUT2D eigenvalue weighted by Gasteiger charge is 2.12. The number of pyridine rings is 1. The Bertz CT molecular complexity index is 906. The van der Waals surface area contributed by atoms with Crippen molar-refractivity contribution in [3.63, 3.8) is 0 Å². The van der Waals surface area contributed by atoms with Crippen molar-refractivity contribution >= 4 is 34.5 Å². The van der Waals surface area contributed by atoms with Gasteiger partial charge in [-0.25, -0.2) is 9.78 Å². The number of aromatic nitrogens is 3. The van der Waals surface area contributed by atoms with E-state index in [1.165, 1.54) is 6.92 Å². The molecule has 0 saturated heterocycles. The molecule has 1 aromatic carbocycles. The molecule has 2 heterocycles. The largest absolute Gasteiger partial charge is 0.331 e. The van der Waals surface area contributed by atoms with Gasteiger partial charge in [0, 0.05) is 19.2 Å². The van der Waals surface area contributed by atoms with E-state index >= 15 is 0 Å². The Morgan fingerprint density at radius 1 is 1.16 bits per heavy atom. The molecule has 3 aromatic rings. The summed E-state index contributed by atoms with van der Waals surface area (Å²) in [6.45, 7) is 3.31. The number of fused-ring (bicyclic) bond motifs is 1. The first-order chi connectivity index (χ1) is 12.0. The molecule has 3 amide bonds. The van der Waals surface area contributed by atoms with E-state index in [9.17, 15) is 9.59 Å². The fraction of sp³-hybridized carbons (Fsp3) is 0.176. The first-order valence-electron chi connectivity index (χ1n) is 7.77. The second kappa shape index (κ2) is 7.00. The van der Waals surface area contributed by atoms with E-state index in [1.807, 2.05) is 37.3 Å². The van der Waals surface area contributed by atoms with E-state index < -0.39 is 0 Å². The van der Waals surface area contributed by atoms with Gasteiger partial charge in [-0.2, -0.15) is 5.10 Å². The van der Waals surface area contributed by atoms with Crippen LogP contribution in [0.2, 0.25) is 0 Å². The average molecular weight is 338 g/mol. The van der Waals surface area contributed by atoms with Gasteiger partial charge in [0.2, 0.25) is 5.91 Å². The molecule has 0 unspecified atom stereocenters. The third kappa shape index (κ3) is 3.92. The smallest absolute Gasteiger partial charge is 0.320 e. The van der Waals surface area contributed by atoms with Gasteiger partial charge in [-0.15, -0.1) is 0 Å². The van der Waals surface area contributed by atoms with Crippen LogP contribution in [-0.4, -0.2) is 27.1 Å². The van der Waals surface area contributed by atoms with Crippen molar-refractivity contribution in [2.45, 2.75) is 19.9 Å². The number of aromatic amines is 1. The van der Waals surface area contributed by atoms with Gasteiger partial charge in [-0.05, 0) is 12.5 Å². The molecule has 128 valence electrons. The molecule has 2 aromatic heterocycles. The maximum atomic E-state index is 12.1. The maximum absolute atomic E-state index is 12.1. The minimum atomic E-state index is -0.357. The molecule has 0 bridgehead atoms. The second-order valence-corrected chi connectivity index (χ2v) is 5.60. The summed E-state index contributed by atoms with van der Waals surface area (Å²) in [5, 5.41) is 15.6. The van der Waals surface area contributed by atoms with Gasteiger partial charge in [0.15, 0.2) is 5.82 Å². The number of nitrogens with one attached hydrogen (secondary N) is 4. The van der Waals surface area contributed by atoms with Crippen LogP contribution in [0.1, 0.15) is 25.5 Å². The van der Waals surface area contributed by atoms with Crippen LogP contribution in [0.15, 0.2) is 42.6 Å². The van der Waals surface area contributed by atoms with E-state index in [0.717, 1.165) is 5.56 Å². The number of H-pyrrole nitrogens is 1.